The molecule has 0 bridgehead atoms. The molecule has 1 amide bonds. The van der Waals surface area contributed by atoms with Crippen LogP contribution in [0.2, 0.25) is 0 Å². The first-order valence-electron chi connectivity index (χ1n) is 9.85. The Hall–Kier alpha value is -3.08. The third kappa shape index (κ3) is 5.58. The Morgan fingerprint density at radius 3 is 2.25 bits per heavy atom. The smallest absolute Gasteiger partial charge is 0.248 e. The average molecular weight is 463 g/mol. The van der Waals surface area contributed by atoms with Crippen LogP contribution in [0.15, 0.2) is 47.4 Å². The van der Waals surface area contributed by atoms with Crippen LogP contribution >= 0.6 is 0 Å². The molecule has 0 atom stereocenters. The van der Waals surface area contributed by atoms with Crippen molar-refractivity contribution in [2.24, 2.45) is 0 Å². The summed E-state index contributed by atoms with van der Waals surface area (Å²) < 4.78 is 48.2. The van der Waals surface area contributed by atoms with Gasteiger partial charge in [-0.2, -0.15) is 4.31 Å². The maximum Gasteiger partial charge on any atom is 0.248 e. The Bertz CT molecular complexity index is 1070. The first-order chi connectivity index (χ1) is 15.4. The topological polar surface area (TPSA) is 103 Å². The molecule has 0 aliphatic carbocycles. The van der Waals surface area contributed by atoms with Gasteiger partial charge in [0.2, 0.25) is 15.9 Å². The lowest BCUT2D eigenvalue weighted by molar-refractivity contribution is -0.111. The van der Waals surface area contributed by atoms with E-state index in [1.54, 1.807) is 38.5 Å². The largest absolute Gasteiger partial charge is 0.497 e. The highest BCUT2D eigenvalue weighted by atomic mass is 32.2. The summed E-state index contributed by atoms with van der Waals surface area (Å²) in [6.07, 6.45) is 2.93. The molecule has 32 heavy (non-hydrogen) atoms. The van der Waals surface area contributed by atoms with Gasteiger partial charge in [-0.15, -0.1) is 0 Å². The van der Waals surface area contributed by atoms with Gasteiger partial charge in [0.05, 0.1) is 45.1 Å². The molecule has 0 aromatic heterocycles. The number of hydrogen-bond donors (Lipinski definition) is 1. The number of sulfonamides is 1. The molecule has 1 N–H and O–H groups in total. The highest BCUT2D eigenvalue weighted by Gasteiger charge is 2.27. The van der Waals surface area contributed by atoms with Gasteiger partial charge in [-0.3, -0.25) is 4.79 Å². The molecule has 0 spiro atoms. The average Bonchev–Trinajstić information content (AvgIpc) is 2.82. The summed E-state index contributed by atoms with van der Waals surface area (Å²) in [6.45, 7) is 1.25. The van der Waals surface area contributed by atoms with E-state index in [-0.39, 0.29) is 23.7 Å². The van der Waals surface area contributed by atoms with Crippen molar-refractivity contribution < 1.29 is 32.2 Å². The molecule has 9 nitrogen and oxygen atoms in total. The van der Waals surface area contributed by atoms with Crippen LogP contribution in [0.3, 0.4) is 0 Å². The SMILES string of the molecule is COc1cc(/C=C/C(=O)Nc2cc(S(=O)(=O)N3CCOCC3)ccc2OC)cc(OC)c1. The molecular weight excluding hydrogens is 436 g/mol. The third-order valence-electron chi connectivity index (χ3n) is 4.84. The number of nitrogens with one attached hydrogen (secondary N) is 1. The number of rotatable bonds is 8. The summed E-state index contributed by atoms with van der Waals surface area (Å²) in [4.78, 5) is 12.6. The predicted octanol–water partition coefficient (Wildman–Crippen LogP) is 2.39. The zero-order valence-electron chi connectivity index (χ0n) is 18.2. The predicted molar refractivity (Wildman–Crippen MR) is 120 cm³/mol. The summed E-state index contributed by atoms with van der Waals surface area (Å²) in [6, 6.07) is 9.59. The standard InChI is InChI=1S/C22H26N2O7S/c1-28-17-12-16(13-18(14-17)29-2)4-7-22(25)23-20-15-19(5-6-21(20)30-3)32(26,27)24-8-10-31-11-9-24/h4-7,12-15H,8-11H2,1-3H3,(H,23,25)/b7-4+. The van der Waals surface area contributed by atoms with E-state index >= 15 is 0 Å². The van der Waals surface area contributed by atoms with E-state index in [9.17, 15) is 13.2 Å². The summed E-state index contributed by atoms with van der Waals surface area (Å²) >= 11 is 0. The van der Waals surface area contributed by atoms with Gasteiger partial charge in [-0.1, -0.05) is 0 Å². The molecule has 2 aromatic carbocycles. The highest BCUT2D eigenvalue weighted by Crippen LogP contribution is 2.29. The Balaban J connectivity index is 1.81. The molecule has 0 saturated carbocycles. The van der Waals surface area contributed by atoms with Gasteiger partial charge in [0, 0.05) is 25.2 Å². The summed E-state index contributed by atoms with van der Waals surface area (Å²) in [7, 11) is 0.810. The fourth-order valence-electron chi connectivity index (χ4n) is 3.15. The summed E-state index contributed by atoms with van der Waals surface area (Å²) in [5.41, 5.74) is 0.951. The minimum absolute atomic E-state index is 0.0667. The number of carbonyl (C=O) groups is 1. The number of amides is 1. The van der Waals surface area contributed by atoms with Crippen molar-refractivity contribution >= 4 is 27.7 Å². The molecule has 1 heterocycles. The van der Waals surface area contributed by atoms with Crippen molar-refractivity contribution in [2.45, 2.75) is 4.90 Å². The van der Waals surface area contributed by atoms with Crippen molar-refractivity contribution in [3.63, 3.8) is 0 Å². The minimum atomic E-state index is -3.72. The van der Waals surface area contributed by atoms with E-state index in [1.165, 1.54) is 35.7 Å². The van der Waals surface area contributed by atoms with E-state index in [1.807, 2.05) is 0 Å². The number of anilines is 1. The van der Waals surface area contributed by atoms with Crippen LogP contribution in [-0.4, -0.2) is 66.3 Å². The second-order valence-corrected chi connectivity index (χ2v) is 8.79. The van der Waals surface area contributed by atoms with Crippen molar-refractivity contribution in [2.75, 3.05) is 52.9 Å². The number of benzene rings is 2. The highest BCUT2D eigenvalue weighted by molar-refractivity contribution is 7.89. The number of nitrogens with zero attached hydrogens (tertiary/aromatic N) is 1. The Labute approximate surface area is 187 Å². The molecule has 3 rings (SSSR count). The molecule has 172 valence electrons. The van der Waals surface area contributed by atoms with Crippen LogP contribution in [0.1, 0.15) is 5.56 Å². The third-order valence-corrected chi connectivity index (χ3v) is 6.73. The van der Waals surface area contributed by atoms with Crippen molar-refractivity contribution in [3.05, 3.63) is 48.0 Å². The lowest BCUT2D eigenvalue weighted by atomic mass is 10.2. The molecule has 1 saturated heterocycles. The first kappa shape index (κ1) is 23.6. The fraction of sp³-hybridized carbons (Fsp3) is 0.318. The number of morpholine rings is 1. The van der Waals surface area contributed by atoms with E-state index in [0.29, 0.717) is 36.0 Å². The second kappa shape index (κ2) is 10.5. The quantitative estimate of drug-likeness (QED) is 0.601. The van der Waals surface area contributed by atoms with Gasteiger partial charge in [-0.25, -0.2) is 8.42 Å². The first-order valence-corrected chi connectivity index (χ1v) is 11.3. The van der Waals surface area contributed by atoms with Crippen LogP contribution in [0.5, 0.6) is 17.2 Å². The van der Waals surface area contributed by atoms with E-state index in [2.05, 4.69) is 5.32 Å². The molecule has 1 aliphatic heterocycles. The van der Waals surface area contributed by atoms with Crippen LogP contribution in [0.4, 0.5) is 5.69 Å². The van der Waals surface area contributed by atoms with Gasteiger partial charge >= 0.3 is 0 Å². The minimum Gasteiger partial charge on any atom is -0.497 e. The fourth-order valence-corrected chi connectivity index (χ4v) is 4.59. The van der Waals surface area contributed by atoms with E-state index in [4.69, 9.17) is 18.9 Å². The van der Waals surface area contributed by atoms with Gasteiger partial charge in [0.15, 0.2) is 0 Å². The van der Waals surface area contributed by atoms with Crippen LogP contribution in [-0.2, 0) is 19.6 Å². The van der Waals surface area contributed by atoms with E-state index in [0.717, 1.165) is 0 Å². The second-order valence-electron chi connectivity index (χ2n) is 6.85. The molecular formula is C22H26N2O7S. The lowest BCUT2D eigenvalue weighted by Crippen LogP contribution is -2.40. The number of carbonyl (C=O) groups excluding carboxylic acids is 1. The van der Waals surface area contributed by atoms with Gasteiger partial charge in [-0.05, 0) is 42.0 Å². The van der Waals surface area contributed by atoms with Crippen LogP contribution in [0.25, 0.3) is 6.08 Å². The van der Waals surface area contributed by atoms with Crippen LogP contribution in [0, 0.1) is 0 Å². The summed E-state index contributed by atoms with van der Waals surface area (Å²) in [5.74, 6) is 1.07. The Kier molecular flexibility index (Phi) is 7.73. The van der Waals surface area contributed by atoms with Gasteiger partial charge in [0.1, 0.15) is 17.2 Å². The van der Waals surface area contributed by atoms with Gasteiger partial charge in [0.25, 0.3) is 0 Å². The van der Waals surface area contributed by atoms with E-state index < -0.39 is 15.9 Å². The number of ether oxygens (including phenoxy) is 4. The summed E-state index contributed by atoms with van der Waals surface area (Å²) in [5, 5.41) is 2.68. The number of methoxy groups -OCH3 is 3. The monoisotopic (exact) mass is 462 g/mol. The molecule has 1 aliphatic rings. The van der Waals surface area contributed by atoms with Crippen LogP contribution < -0.4 is 19.5 Å². The maximum absolute atomic E-state index is 12.9. The Morgan fingerprint density at radius 1 is 1.00 bits per heavy atom. The molecule has 10 heteroatoms. The van der Waals surface area contributed by atoms with Crippen molar-refractivity contribution in [1.29, 1.82) is 0 Å². The van der Waals surface area contributed by atoms with Crippen molar-refractivity contribution in [3.8, 4) is 17.2 Å². The zero-order valence-corrected chi connectivity index (χ0v) is 19.0. The van der Waals surface area contributed by atoms with Crippen molar-refractivity contribution in [1.82, 2.24) is 4.31 Å². The Morgan fingerprint density at radius 2 is 1.66 bits per heavy atom. The lowest BCUT2D eigenvalue weighted by Gasteiger charge is -2.26. The zero-order chi connectivity index (χ0) is 23.1. The molecule has 2 aromatic rings. The molecule has 0 unspecified atom stereocenters. The number of hydrogen-bond acceptors (Lipinski definition) is 7. The van der Waals surface area contributed by atoms with Gasteiger partial charge < -0.3 is 24.3 Å². The molecule has 0 radical (unpaired) electrons. The molecule has 1 fully saturated rings. The maximum atomic E-state index is 12.9. The normalized spacial score (nSPS) is 14.8.